The van der Waals surface area contributed by atoms with E-state index in [1.54, 1.807) is 80.6 Å². The van der Waals surface area contributed by atoms with Crippen LogP contribution in [0.2, 0.25) is 0 Å². The number of hydrogen-bond donors (Lipinski definition) is 2. The predicted molar refractivity (Wildman–Crippen MR) is 133 cm³/mol. The Bertz CT molecular complexity index is 1480. The summed E-state index contributed by atoms with van der Waals surface area (Å²) in [6.07, 6.45) is 0. The van der Waals surface area contributed by atoms with Crippen LogP contribution in [0.5, 0.6) is 0 Å². The minimum absolute atomic E-state index is 0.0718. The van der Waals surface area contributed by atoms with Crippen LogP contribution in [0.3, 0.4) is 0 Å². The lowest BCUT2D eigenvalue weighted by molar-refractivity contribution is 0.0951. The van der Waals surface area contributed by atoms with Gasteiger partial charge in [-0.2, -0.15) is 0 Å². The maximum Gasteiger partial charge on any atom is 0.252 e. The maximum atomic E-state index is 14.3. The van der Waals surface area contributed by atoms with E-state index in [1.807, 2.05) is 0 Å². The number of oxazole rings is 1. The van der Waals surface area contributed by atoms with Gasteiger partial charge < -0.3 is 9.73 Å². The van der Waals surface area contributed by atoms with Gasteiger partial charge in [-0.3, -0.25) is 9.52 Å². The number of benzene rings is 3. The average molecular weight is 494 g/mol. The van der Waals surface area contributed by atoms with Gasteiger partial charge in [0.1, 0.15) is 17.3 Å². The number of halogens is 1. The Balaban J connectivity index is 1.56. The second-order valence-corrected chi connectivity index (χ2v) is 9.79. The van der Waals surface area contributed by atoms with Crippen molar-refractivity contribution in [2.24, 2.45) is 0 Å². The van der Waals surface area contributed by atoms with Crippen molar-refractivity contribution in [1.82, 2.24) is 10.3 Å². The van der Waals surface area contributed by atoms with Gasteiger partial charge in [-0.15, -0.1) is 0 Å². The molecule has 3 aromatic carbocycles. The molecule has 0 aliphatic carbocycles. The molecule has 0 unspecified atom stereocenters. The first-order valence-electron chi connectivity index (χ1n) is 11.0. The minimum Gasteiger partial charge on any atom is -0.441 e. The van der Waals surface area contributed by atoms with Gasteiger partial charge in [-0.1, -0.05) is 48.5 Å². The quantitative estimate of drug-likeness (QED) is 0.354. The van der Waals surface area contributed by atoms with Crippen LogP contribution in [0, 0.1) is 12.7 Å². The summed E-state index contributed by atoms with van der Waals surface area (Å²) in [6, 6.07) is 19.9. The lowest BCUT2D eigenvalue weighted by atomic mass is 9.98. The van der Waals surface area contributed by atoms with Crippen molar-refractivity contribution in [3.63, 3.8) is 0 Å². The molecule has 0 radical (unpaired) electrons. The van der Waals surface area contributed by atoms with Crippen LogP contribution in [0.4, 0.5) is 10.1 Å². The summed E-state index contributed by atoms with van der Waals surface area (Å²) >= 11 is 0. The molecule has 0 fully saturated rings. The highest BCUT2D eigenvalue weighted by Crippen LogP contribution is 2.30. The standard InChI is InChI=1S/C26H24FN3O4S/c1-3-35(32,33)30-23-15-9-7-13-21(23)26-29-24(17(2)34-26)16-28-25(31)20-12-5-4-10-18(20)19-11-6-8-14-22(19)27/h4-15,30H,3,16H2,1-2H3,(H,28,31). The first-order chi connectivity index (χ1) is 16.8. The summed E-state index contributed by atoms with van der Waals surface area (Å²) in [6.45, 7) is 3.33. The van der Waals surface area contributed by atoms with E-state index in [9.17, 15) is 17.6 Å². The molecular weight excluding hydrogens is 469 g/mol. The van der Waals surface area contributed by atoms with Crippen LogP contribution in [0.1, 0.15) is 28.7 Å². The summed E-state index contributed by atoms with van der Waals surface area (Å²) in [7, 11) is -3.49. The van der Waals surface area contributed by atoms with E-state index in [0.717, 1.165) is 0 Å². The van der Waals surface area contributed by atoms with Crippen LogP contribution in [-0.4, -0.2) is 25.1 Å². The molecule has 35 heavy (non-hydrogen) atoms. The first-order valence-corrected chi connectivity index (χ1v) is 12.6. The van der Waals surface area contributed by atoms with Crippen molar-refractivity contribution in [3.8, 4) is 22.6 Å². The number of nitrogens with zero attached hydrogens (tertiary/aromatic N) is 1. The van der Waals surface area contributed by atoms with Gasteiger partial charge >= 0.3 is 0 Å². The Morgan fingerprint density at radius 1 is 0.943 bits per heavy atom. The number of amides is 1. The molecule has 0 aliphatic heterocycles. The Morgan fingerprint density at radius 2 is 1.57 bits per heavy atom. The zero-order valence-electron chi connectivity index (χ0n) is 19.2. The lowest BCUT2D eigenvalue weighted by Crippen LogP contribution is -2.24. The van der Waals surface area contributed by atoms with Crippen molar-refractivity contribution in [1.29, 1.82) is 0 Å². The smallest absolute Gasteiger partial charge is 0.252 e. The zero-order chi connectivity index (χ0) is 25.0. The third kappa shape index (κ3) is 5.41. The first kappa shape index (κ1) is 24.2. The second kappa shape index (κ2) is 10.1. The summed E-state index contributed by atoms with van der Waals surface area (Å²) in [4.78, 5) is 17.5. The van der Waals surface area contributed by atoms with Gasteiger partial charge in [0.2, 0.25) is 15.9 Å². The molecule has 1 aromatic heterocycles. The molecule has 9 heteroatoms. The number of rotatable bonds is 8. The molecule has 0 spiro atoms. The SMILES string of the molecule is CCS(=O)(=O)Nc1ccccc1-c1nc(CNC(=O)c2ccccc2-c2ccccc2F)c(C)o1. The van der Waals surface area contributed by atoms with Crippen LogP contribution in [0.15, 0.2) is 77.2 Å². The lowest BCUT2D eigenvalue weighted by Gasteiger charge is -2.10. The van der Waals surface area contributed by atoms with E-state index in [4.69, 9.17) is 4.42 Å². The summed E-state index contributed by atoms with van der Waals surface area (Å²) in [5, 5.41) is 2.82. The highest BCUT2D eigenvalue weighted by molar-refractivity contribution is 7.92. The number of hydrogen-bond acceptors (Lipinski definition) is 5. The number of aryl methyl sites for hydroxylation is 1. The molecular formula is C26H24FN3O4S. The van der Waals surface area contributed by atoms with E-state index in [1.165, 1.54) is 6.07 Å². The molecule has 0 saturated heterocycles. The van der Waals surface area contributed by atoms with Crippen LogP contribution in [0.25, 0.3) is 22.6 Å². The Morgan fingerprint density at radius 3 is 2.29 bits per heavy atom. The molecule has 7 nitrogen and oxygen atoms in total. The highest BCUT2D eigenvalue weighted by atomic mass is 32.2. The van der Waals surface area contributed by atoms with E-state index in [0.29, 0.717) is 39.4 Å². The van der Waals surface area contributed by atoms with Gasteiger partial charge in [0.15, 0.2) is 0 Å². The third-order valence-corrected chi connectivity index (χ3v) is 6.74. The number of carbonyl (C=O) groups excluding carboxylic acids is 1. The molecule has 1 amide bonds. The number of carbonyl (C=O) groups is 1. The van der Waals surface area contributed by atoms with Gasteiger partial charge in [0, 0.05) is 11.1 Å². The van der Waals surface area contributed by atoms with Crippen molar-refractivity contribution < 1.29 is 22.0 Å². The molecule has 0 saturated carbocycles. The van der Waals surface area contributed by atoms with E-state index < -0.39 is 15.8 Å². The molecule has 4 rings (SSSR count). The average Bonchev–Trinajstić information content (AvgIpc) is 3.23. The Kier molecular flexibility index (Phi) is 6.97. The summed E-state index contributed by atoms with van der Waals surface area (Å²) in [5.41, 5.74) is 2.48. The molecule has 0 bridgehead atoms. The fourth-order valence-corrected chi connectivity index (χ4v) is 4.22. The van der Waals surface area contributed by atoms with Gasteiger partial charge in [-0.25, -0.2) is 17.8 Å². The molecule has 2 N–H and O–H groups in total. The molecule has 4 aromatic rings. The van der Waals surface area contributed by atoms with E-state index >= 15 is 0 Å². The van der Waals surface area contributed by atoms with E-state index in [2.05, 4.69) is 15.0 Å². The normalized spacial score (nSPS) is 11.3. The predicted octanol–water partition coefficient (Wildman–Crippen LogP) is 5.15. The highest BCUT2D eigenvalue weighted by Gasteiger charge is 2.19. The number of sulfonamides is 1. The van der Waals surface area contributed by atoms with Gasteiger partial charge in [0.25, 0.3) is 5.91 Å². The molecule has 180 valence electrons. The fourth-order valence-electron chi connectivity index (χ4n) is 3.56. The van der Waals surface area contributed by atoms with E-state index in [-0.39, 0.29) is 24.1 Å². The maximum absolute atomic E-state index is 14.3. The Labute approximate surface area is 203 Å². The van der Waals surface area contributed by atoms with Crippen molar-refractivity contribution in [2.45, 2.75) is 20.4 Å². The number of aromatic nitrogens is 1. The molecule has 0 atom stereocenters. The fraction of sp³-hybridized carbons (Fsp3) is 0.154. The molecule has 1 heterocycles. The van der Waals surface area contributed by atoms with Crippen LogP contribution in [-0.2, 0) is 16.6 Å². The number of nitrogens with one attached hydrogen (secondary N) is 2. The van der Waals surface area contributed by atoms with Gasteiger partial charge in [0.05, 0.1) is 23.5 Å². The second-order valence-electron chi connectivity index (χ2n) is 7.78. The summed E-state index contributed by atoms with van der Waals surface area (Å²) in [5.74, 6) is -0.160. The third-order valence-electron chi connectivity index (χ3n) is 5.45. The molecule has 0 aliphatic rings. The van der Waals surface area contributed by atoms with Crippen LogP contribution >= 0.6 is 0 Å². The minimum atomic E-state index is -3.49. The monoisotopic (exact) mass is 493 g/mol. The topological polar surface area (TPSA) is 101 Å². The largest absolute Gasteiger partial charge is 0.441 e. The van der Waals surface area contributed by atoms with Gasteiger partial charge in [-0.05, 0) is 43.7 Å². The van der Waals surface area contributed by atoms with Crippen LogP contribution < -0.4 is 10.0 Å². The summed E-state index contributed by atoms with van der Waals surface area (Å²) < 4.78 is 46.8. The van der Waals surface area contributed by atoms with Crippen molar-refractivity contribution >= 4 is 21.6 Å². The van der Waals surface area contributed by atoms with Crippen molar-refractivity contribution in [3.05, 3.63) is 95.6 Å². The number of para-hydroxylation sites is 1. The number of anilines is 1. The zero-order valence-corrected chi connectivity index (χ0v) is 20.0. The Hall–Kier alpha value is -3.98. The van der Waals surface area contributed by atoms with Crippen molar-refractivity contribution in [2.75, 3.05) is 10.5 Å².